The van der Waals surface area contributed by atoms with Crippen molar-refractivity contribution in [3.05, 3.63) is 0 Å². The molecule has 0 aliphatic rings. The lowest BCUT2D eigenvalue weighted by Gasteiger charge is -2.13. The third-order valence-corrected chi connectivity index (χ3v) is 3.86. The Morgan fingerprint density at radius 3 is 1.93 bits per heavy atom. The van der Waals surface area contributed by atoms with Crippen LogP contribution in [0.4, 0.5) is 0 Å². The molecule has 9 heteroatoms. The van der Waals surface area contributed by atoms with Crippen LogP contribution in [0.5, 0.6) is 0 Å². The Kier molecular flexibility index (Phi) is 15.9. The second-order valence-corrected chi connectivity index (χ2v) is 6.09. The van der Waals surface area contributed by atoms with E-state index in [9.17, 15) is 19.2 Å². The van der Waals surface area contributed by atoms with E-state index >= 15 is 0 Å². The molecule has 0 aromatic heterocycles. The number of ether oxygens (including phenoxy) is 4. The van der Waals surface area contributed by atoms with E-state index in [-0.39, 0.29) is 57.8 Å². The van der Waals surface area contributed by atoms with Crippen LogP contribution in [-0.4, -0.2) is 68.4 Å². The van der Waals surface area contributed by atoms with Crippen LogP contribution in [0.25, 0.3) is 0 Å². The highest BCUT2D eigenvalue weighted by Gasteiger charge is 2.17. The van der Waals surface area contributed by atoms with Crippen LogP contribution < -0.4 is 0 Å². The van der Waals surface area contributed by atoms with Crippen molar-refractivity contribution < 1.29 is 43.2 Å². The highest BCUT2D eigenvalue weighted by molar-refractivity contribution is 6.32. The molecule has 0 aromatic carbocycles. The SMILES string of the molecule is CCCCC(CC)C(=O)OCCOCCOCCOC(=O)CCC(=O)C(=O)O. The smallest absolute Gasteiger partial charge is 0.372 e. The first-order valence-corrected chi connectivity index (χ1v) is 9.66. The zero-order valence-electron chi connectivity index (χ0n) is 16.8. The number of aliphatic carboxylic acids is 1. The highest BCUT2D eigenvalue weighted by atomic mass is 16.6. The molecule has 0 radical (unpaired) electrons. The number of carboxylic acids is 1. The van der Waals surface area contributed by atoms with Crippen molar-refractivity contribution in [3.63, 3.8) is 0 Å². The predicted molar refractivity (Wildman–Crippen MR) is 98.7 cm³/mol. The summed E-state index contributed by atoms with van der Waals surface area (Å²) < 4.78 is 20.5. The lowest BCUT2D eigenvalue weighted by Crippen LogP contribution is -2.20. The molecule has 0 saturated carbocycles. The number of hydrogen-bond acceptors (Lipinski definition) is 8. The zero-order valence-corrected chi connectivity index (χ0v) is 16.8. The Bertz CT molecular complexity index is 476. The highest BCUT2D eigenvalue weighted by Crippen LogP contribution is 2.14. The van der Waals surface area contributed by atoms with Gasteiger partial charge in [0.15, 0.2) is 0 Å². The van der Waals surface area contributed by atoms with Crippen LogP contribution >= 0.6 is 0 Å². The minimum Gasteiger partial charge on any atom is -0.476 e. The number of carboxylic acid groups (broad SMARTS) is 1. The first-order chi connectivity index (χ1) is 13.4. The number of carbonyl (C=O) groups is 4. The molecule has 0 aromatic rings. The number of rotatable bonds is 18. The molecule has 9 nitrogen and oxygen atoms in total. The predicted octanol–water partition coefficient (Wildman–Crippen LogP) is 1.76. The van der Waals surface area contributed by atoms with Gasteiger partial charge in [0.25, 0.3) is 0 Å². The fraction of sp³-hybridized carbons (Fsp3) is 0.789. The molecule has 0 aliphatic heterocycles. The maximum absolute atomic E-state index is 11.9. The van der Waals surface area contributed by atoms with E-state index in [1.807, 2.05) is 6.92 Å². The Morgan fingerprint density at radius 2 is 1.39 bits per heavy atom. The third-order valence-electron chi connectivity index (χ3n) is 3.86. The van der Waals surface area contributed by atoms with Gasteiger partial charge in [-0.3, -0.25) is 14.4 Å². The van der Waals surface area contributed by atoms with Crippen molar-refractivity contribution in [2.24, 2.45) is 5.92 Å². The molecular formula is C19H32O9. The van der Waals surface area contributed by atoms with E-state index in [1.54, 1.807) is 0 Å². The van der Waals surface area contributed by atoms with Crippen LogP contribution in [0.2, 0.25) is 0 Å². The van der Waals surface area contributed by atoms with E-state index in [0.717, 1.165) is 25.7 Å². The average molecular weight is 404 g/mol. The summed E-state index contributed by atoms with van der Waals surface area (Å²) in [5.74, 6) is -3.47. The second kappa shape index (κ2) is 17.1. The number of ketones is 1. The van der Waals surface area contributed by atoms with Crippen molar-refractivity contribution in [2.75, 3.05) is 39.6 Å². The van der Waals surface area contributed by atoms with Gasteiger partial charge >= 0.3 is 17.9 Å². The number of Topliss-reactive ketones (excluding diaryl/α,β-unsaturated/α-hetero) is 1. The average Bonchev–Trinajstić information content (AvgIpc) is 2.67. The first-order valence-electron chi connectivity index (χ1n) is 9.66. The molecule has 0 rings (SSSR count). The molecule has 1 N–H and O–H groups in total. The van der Waals surface area contributed by atoms with Crippen molar-refractivity contribution in [2.45, 2.75) is 52.4 Å². The maximum Gasteiger partial charge on any atom is 0.372 e. The largest absolute Gasteiger partial charge is 0.476 e. The van der Waals surface area contributed by atoms with Crippen molar-refractivity contribution in [3.8, 4) is 0 Å². The number of carbonyl (C=O) groups excluding carboxylic acids is 3. The summed E-state index contributed by atoms with van der Waals surface area (Å²) in [6.07, 6.45) is 3.03. The molecule has 162 valence electrons. The van der Waals surface area contributed by atoms with E-state index in [4.69, 9.17) is 24.1 Å². The summed E-state index contributed by atoms with van der Waals surface area (Å²) in [6.45, 7) is 5.31. The van der Waals surface area contributed by atoms with Crippen LogP contribution in [0.15, 0.2) is 0 Å². The van der Waals surface area contributed by atoms with Gasteiger partial charge in [-0.15, -0.1) is 0 Å². The Balaban J connectivity index is 3.50. The molecule has 28 heavy (non-hydrogen) atoms. The quantitative estimate of drug-likeness (QED) is 0.206. The summed E-state index contributed by atoms with van der Waals surface area (Å²) in [4.78, 5) is 44.3. The Hall–Kier alpha value is -2.00. The van der Waals surface area contributed by atoms with Crippen molar-refractivity contribution >= 4 is 23.7 Å². The maximum atomic E-state index is 11.9. The van der Waals surface area contributed by atoms with E-state index in [2.05, 4.69) is 6.92 Å². The Labute approximate surface area is 165 Å². The molecule has 0 heterocycles. The van der Waals surface area contributed by atoms with Gasteiger partial charge in [-0.1, -0.05) is 26.7 Å². The second-order valence-electron chi connectivity index (χ2n) is 6.09. The van der Waals surface area contributed by atoms with E-state index < -0.39 is 17.7 Å². The number of hydrogen-bond donors (Lipinski definition) is 1. The van der Waals surface area contributed by atoms with Crippen LogP contribution in [-0.2, 0) is 38.1 Å². The summed E-state index contributed by atoms with van der Waals surface area (Å²) in [6, 6.07) is 0. The van der Waals surface area contributed by atoms with Gasteiger partial charge in [0.2, 0.25) is 5.78 Å². The number of unbranched alkanes of at least 4 members (excludes halogenated alkanes) is 1. The zero-order chi connectivity index (χ0) is 21.2. The first kappa shape index (κ1) is 26.0. The van der Waals surface area contributed by atoms with Crippen molar-refractivity contribution in [1.82, 2.24) is 0 Å². The van der Waals surface area contributed by atoms with E-state index in [0.29, 0.717) is 6.61 Å². The molecule has 0 fully saturated rings. The molecule has 1 unspecified atom stereocenters. The Morgan fingerprint density at radius 1 is 0.821 bits per heavy atom. The summed E-state index contributed by atoms with van der Waals surface area (Å²) in [5, 5.41) is 8.38. The fourth-order valence-electron chi connectivity index (χ4n) is 2.19. The summed E-state index contributed by atoms with van der Waals surface area (Å²) >= 11 is 0. The molecule has 0 bridgehead atoms. The van der Waals surface area contributed by atoms with E-state index in [1.165, 1.54) is 0 Å². The van der Waals surface area contributed by atoms with Gasteiger partial charge in [-0.25, -0.2) is 4.79 Å². The summed E-state index contributed by atoms with van der Waals surface area (Å²) in [7, 11) is 0. The van der Waals surface area contributed by atoms with Gasteiger partial charge < -0.3 is 24.1 Å². The van der Waals surface area contributed by atoms with Gasteiger partial charge in [0.1, 0.15) is 13.2 Å². The molecule has 0 spiro atoms. The van der Waals surface area contributed by atoms with Crippen LogP contribution in [0.3, 0.4) is 0 Å². The molecule has 0 amide bonds. The van der Waals surface area contributed by atoms with Crippen LogP contribution in [0, 0.1) is 5.92 Å². The minimum absolute atomic E-state index is 0.00781. The molecule has 0 saturated heterocycles. The standard InChI is InChI=1S/C19H32O9/c1-3-5-6-15(4-2)19(24)28-14-12-26-10-9-25-11-13-27-17(21)8-7-16(20)18(22)23/h15H,3-14H2,1-2H3,(H,22,23). The fourth-order valence-corrected chi connectivity index (χ4v) is 2.19. The number of esters is 2. The van der Waals surface area contributed by atoms with Gasteiger partial charge in [-0.2, -0.15) is 0 Å². The van der Waals surface area contributed by atoms with Gasteiger partial charge in [-0.05, 0) is 12.8 Å². The third kappa shape index (κ3) is 14.1. The summed E-state index contributed by atoms with van der Waals surface area (Å²) in [5.41, 5.74) is 0. The lowest BCUT2D eigenvalue weighted by atomic mass is 10.00. The molecule has 1 atom stereocenters. The van der Waals surface area contributed by atoms with Crippen LogP contribution in [0.1, 0.15) is 52.4 Å². The van der Waals surface area contributed by atoms with Crippen molar-refractivity contribution in [1.29, 1.82) is 0 Å². The normalized spacial score (nSPS) is 11.6. The topological polar surface area (TPSA) is 125 Å². The molecule has 0 aliphatic carbocycles. The lowest BCUT2D eigenvalue weighted by molar-refractivity contribution is -0.152. The molecular weight excluding hydrogens is 372 g/mol. The monoisotopic (exact) mass is 404 g/mol. The van der Waals surface area contributed by atoms with Gasteiger partial charge in [0, 0.05) is 6.42 Å². The van der Waals surface area contributed by atoms with Gasteiger partial charge in [0.05, 0.1) is 38.8 Å². The minimum atomic E-state index is -1.56.